The van der Waals surface area contributed by atoms with Gasteiger partial charge in [0.15, 0.2) is 5.75 Å². The van der Waals surface area contributed by atoms with Gasteiger partial charge in [0.2, 0.25) is 11.5 Å². The standard InChI is InChI=1S/C29H23Cl2N2O2/c1-3-32-24-16-22(30)18-10-5-7-12-20(18)28(24)34-26(32)14-9-15-27-33(4-2)25-17-23(31)19-11-6-8-13-21(19)29(25)35-27/h5-17H,3-4H2,1-2H3/q+1. The van der Waals surface area contributed by atoms with Crippen molar-refractivity contribution >= 4 is 67.6 Å². The van der Waals surface area contributed by atoms with Crippen LogP contribution >= 0.6 is 23.2 Å². The number of ether oxygens (including phenoxy) is 1. The molecule has 0 unspecified atom stereocenters. The fourth-order valence-electron chi connectivity index (χ4n) is 4.87. The average molecular weight is 502 g/mol. The molecule has 0 N–H and O–H groups in total. The molecule has 0 radical (unpaired) electrons. The highest BCUT2D eigenvalue weighted by molar-refractivity contribution is 6.37. The number of fused-ring (bicyclic) bond motifs is 6. The zero-order chi connectivity index (χ0) is 24.1. The predicted octanol–water partition coefficient (Wildman–Crippen LogP) is 8.13. The molecule has 6 rings (SSSR count). The average Bonchev–Trinajstić information content (AvgIpc) is 3.41. The van der Waals surface area contributed by atoms with Gasteiger partial charge >= 0.3 is 5.89 Å². The van der Waals surface area contributed by atoms with Crippen molar-refractivity contribution in [1.29, 1.82) is 0 Å². The molecule has 4 aromatic carbocycles. The first-order valence-corrected chi connectivity index (χ1v) is 12.4. The number of hydrogen-bond donors (Lipinski definition) is 0. The molecule has 1 aliphatic rings. The molecule has 0 aliphatic carbocycles. The summed E-state index contributed by atoms with van der Waals surface area (Å²) in [7, 11) is 0. The molecule has 2 heterocycles. The summed E-state index contributed by atoms with van der Waals surface area (Å²) in [6.45, 7) is 5.70. The van der Waals surface area contributed by atoms with E-state index in [0.717, 1.165) is 79.0 Å². The predicted molar refractivity (Wildman–Crippen MR) is 144 cm³/mol. The van der Waals surface area contributed by atoms with E-state index in [2.05, 4.69) is 23.3 Å². The molecule has 6 heteroatoms. The first kappa shape index (κ1) is 22.0. The van der Waals surface area contributed by atoms with Gasteiger partial charge in [0.05, 0.1) is 21.8 Å². The van der Waals surface area contributed by atoms with Gasteiger partial charge < -0.3 is 14.1 Å². The van der Waals surface area contributed by atoms with Crippen molar-refractivity contribution in [2.75, 3.05) is 11.4 Å². The summed E-state index contributed by atoms with van der Waals surface area (Å²) < 4.78 is 14.8. The fraction of sp³-hybridized carbons (Fsp3) is 0.138. The van der Waals surface area contributed by atoms with Crippen molar-refractivity contribution in [2.45, 2.75) is 20.4 Å². The summed E-state index contributed by atoms with van der Waals surface area (Å²) in [6, 6.07) is 20.0. The number of nitrogens with zero attached hydrogens (tertiary/aromatic N) is 2. The van der Waals surface area contributed by atoms with Crippen LogP contribution in [0.15, 0.2) is 83.1 Å². The molecule has 35 heavy (non-hydrogen) atoms. The monoisotopic (exact) mass is 501 g/mol. The van der Waals surface area contributed by atoms with Crippen molar-refractivity contribution < 1.29 is 13.7 Å². The third-order valence-electron chi connectivity index (χ3n) is 6.49. The summed E-state index contributed by atoms with van der Waals surface area (Å²) in [5.41, 5.74) is 2.79. The van der Waals surface area contributed by atoms with Gasteiger partial charge in [0, 0.05) is 34.2 Å². The van der Waals surface area contributed by atoms with Crippen LogP contribution in [0.3, 0.4) is 0 Å². The molecule has 0 fully saturated rings. The van der Waals surface area contributed by atoms with Gasteiger partial charge in [-0.1, -0.05) is 71.7 Å². The molecule has 1 aromatic heterocycles. The molecule has 0 saturated carbocycles. The van der Waals surface area contributed by atoms with E-state index in [9.17, 15) is 0 Å². The highest BCUT2D eigenvalue weighted by atomic mass is 35.5. The van der Waals surface area contributed by atoms with Crippen LogP contribution in [0.5, 0.6) is 5.75 Å². The third-order valence-corrected chi connectivity index (χ3v) is 7.11. The SMILES string of the molecule is CCN1C(=CC=Cc2oc3c4ccccc4c(Cl)cc3[n+]2CC)Oc2c1cc(Cl)c1ccccc21. The molecule has 0 spiro atoms. The van der Waals surface area contributed by atoms with Crippen molar-refractivity contribution in [2.24, 2.45) is 0 Å². The van der Waals surface area contributed by atoms with Gasteiger partial charge in [-0.25, -0.2) is 0 Å². The van der Waals surface area contributed by atoms with Crippen molar-refractivity contribution in [3.8, 4) is 5.75 Å². The smallest absolute Gasteiger partial charge is 0.374 e. The van der Waals surface area contributed by atoms with Crippen LogP contribution < -0.4 is 14.2 Å². The molecular formula is C29H23Cl2N2O2+. The van der Waals surface area contributed by atoms with Crippen molar-refractivity contribution in [1.82, 2.24) is 0 Å². The Morgan fingerprint density at radius 3 is 2.26 bits per heavy atom. The Balaban J connectivity index is 1.41. The van der Waals surface area contributed by atoms with Gasteiger partial charge in [0.25, 0.3) is 5.52 Å². The molecule has 0 bridgehead atoms. The van der Waals surface area contributed by atoms with Gasteiger partial charge in [0.1, 0.15) is 6.54 Å². The number of oxazole rings is 1. The Bertz CT molecular complexity index is 1680. The van der Waals surface area contributed by atoms with Gasteiger partial charge in [-0.3, -0.25) is 0 Å². The summed E-state index contributed by atoms with van der Waals surface area (Å²) in [4.78, 5) is 2.12. The number of rotatable bonds is 4. The summed E-state index contributed by atoms with van der Waals surface area (Å²) in [5, 5.41) is 5.41. The first-order valence-electron chi connectivity index (χ1n) is 11.7. The van der Waals surface area contributed by atoms with Crippen LogP contribution in [0.2, 0.25) is 10.0 Å². The van der Waals surface area contributed by atoms with Gasteiger partial charge in [-0.15, -0.1) is 0 Å². The highest BCUT2D eigenvalue weighted by Gasteiger charge is 2.28. The lowest BCUT2D eigenvalue weighted by molar-refractivity contribution is -0.674. The van der Waals surface area contributed by atoms with Crippen LogP contribution in [0, 0.1) is 0 Å². The summed E-state index contributed by atoms with van der Waals surface area (Å²) in [5.74, 6) is 2.33. The number of aromatic nitrogens is 1. The van der Waals surface area contributed by atoms with Crippen LogP contribution in [-0.4, -0.2) is 6.54 Å². The minimum atomic E-state index is 0.718. The number of anilines is 1. The Morgan fingerprint density at radius 1 is 0.886 bits per heavy atom. The maximum Gasteiger partial charge on any atom is 0.374 e. The van der Waals surface area contributed by atoms with Crippen molar-refractivity contribution in [3.05, 3.63) is 94.6 Å². The molecule has 0 atom stereocenters. The Labute approximate surface area is 213 Å². The van der Waals surface area contributed by atoms with E-state index >= 15 is 0 Å². The zero-order valence-electron chi connectivity index (χ0n) is 19.4. The normalized spacial score (nSPS) is 14.6. The Kier molecular flexibility index (Phi) is 5.43. The summed E-state index contributed by atoms with van der Waals surface area (Å²) in [6.07, 6.45) is 5.89. The van der Waals surface area contributed by atoms with Gasteiger partial charge in [-0.05, 0) is 32.1 Å². The van der Waals surface area contributed by atoms with E-state index < -0.39 is 0 Å². The van der Waals surface area contributed by atoms with E-state index in [-0.39, 0.29) is 0 Å². The van der Waals surface area contributed by atoms with E-state index in [1.54, 1.807) is 0 Å². The fourth-order valence-corrected chi connectivity index (χ4v) is 5.40. The first-order chi connectivity index (χ1) is 17.1. The molecule has 4 nitrogen and oxygen atoms in total. The van der Waals surface area contributed by atoms with E-state index in [0.29, 0.717) is 0 Å². The van der Waals surface area contributed by atoms with Crippen molar-refractivity contribution in [3.63, 3.8) is 0 Å². The van der Waals surface area contributed by atoms with Crippen LogP contribution in [0.4, 0.5) is 5.69 Å². The number of benzene rings is 4. The van der Waals surface area contributed by atoms with E-state index in [4.69, 9.17) is 32.4 Å². The molecule has 1 aliphatic heterocycles. The Hall–Kier alpha value is -3.47. The molecular weight excluding hydrogens is 479 g/mol. The van der Waals surface area contributed by atoms with E-state index in [1.807, 2.05) is 78.9 Å². The molecule has 0 saturated heterocycles. The molecule has 5 aromatic rings. The largest absolute Gasteiger partial charge is 0.438 e. The van der Waals surface area contributed by atoms with E-state index in [1.165, 1.54) is 0 Å². The highest BCUT2D eigenvalue weighted by Crippen LogP contribution is 2.46. The van der Waals surface area contributed by atoms with Crippen LogP contribution in [0.1, 0.15) is 19.7 Å². The number of allylic oxidation sites excluding steroid dienone is 2. The number of aryl methyl sites for hydroxylation is 1. The second kappa shape index (κ2) is 8.63. The lowest BCUT2D eigenvalue weighted by Gasteiger charge is -2.15. The minimum Gasteiger partial charge on any atom is -0.438 e. The maximum absolute atomic E-state index is 6.58. The minimum absolute atomic E-state index is 0.718. The number of halogens is 2. The number of hydrogen-bond acceptors (Lipinski definition) is 3. The third kappa shape index (κ3) is 3.48. The van der Waals surface area contributed by atoms with Crippen LogP contribution in [-0.2, 0) is 6.54 Å². The molecule has 0 amide bonds. The molecule has 174 valence electrons. The second-order valence-electron chi connectivity index (χ2n) is 8.40. The summed E-state index contributed by atoms with van der Waals surface area (Å²) >= 11 is 13.2. The lowest BCUT2D eigenvalue weighted by atomic mass is 10.1. The van der Waals surface area contributed by atoms with Gasteiger partial charge in [-0.2, -0.15) is 4.57 Å². The Morgan fingerprint density at radius 2 is 1.54 bits per heavy atom. The van der Waals surface area contributed by atoms with Crippen LogP contribution in [0.25, 0.3) is 38.7 Å². The second-order valence-corrected chi connectivity index (χ2v) is 9.21. The quantitative estimate of drug-likeness (QED) is 0.233. The lowest BCUT2D eigenvalue weighted by Crippen LogP contribution is -2.33. The zero-order valence-corrected chi connectivity index (χ0v) is 20.9. The maximum atomic E-state index is 6.58. The topological polar surface area (TPSA) is 29.5 Å².